The number of hydrazine groups is 1. The van der Waals surface area contributed by atoms with Gasteiger partial charge in [0.15, 0.2) is 0 Å². The van der Waals surface area contributed by atoms with Crippen molar-refractivity contribution in [2.24, 2.45) is 11.8 Å². The summed E-state index contributed by atoms with van der Waals surface area (Å²) < 4.78 is 5.23. The third-order valence-corrected chi connectivity index (χ3v) is 2.24. The molecule has 0 bridgehead atoms. The van der Waals surface area contributed by atoms with E-state index < -0.39 is 0 Å². The van der Waals surface area contributed by atoms with Gasteiger partial charge in [0.1, 0.15) is 0 Å². The van der Waals surface area contributed by atoms with E-state index in [1.165, 1.54) is 0 Å². The Morgan fingerprint density at radius 1 is 1.45 bits per heavy atom. The van der Waals surface area contributed by atoms with Gasteiger partial charge >= 0.3 is 0 Å². The zero-order chi connectivity index (χ0) is 7.40. The fourth-order valence-electron chi connectivity index (χ4n) is 1.35. The lowest BCUT2D eigenvalue weighted by Gasteiger charge is -2.26. The second kappa shape index (κ2) is 5.77. The summed E-state index contributed by atoms with van der Waals surface area (Å²) in [5.74, 6) is 6.02. The highest BCUT2D eigenvalue weighted by atomic mass is 35.5. The van der Waals surface area contributed by atoms with E-state index in [2.05, 4.69) is 12.3 Å². The Kier molecular flexibility index (Phi) is 5.86. The topological polar surface area (TPSA) is 47.3 Å². The molecule has 1 heterocycles. The van der Waals surface area contributed by atoms with Gasteiger partial charge in [-0.05, 0) is 25.7 Å². The van der Waals surface area contributed by atoms with Crippen LogP contribution in [0.1, 0.15) is 19.8 Å². The molecule has 1 aliphatic heterocycles. The molecule has 1 aliphatic rings. The van der Waals surface area contributed by atoms with E-state index in [4.69, 9.17) is 10.6 Å². The fraction of sp³-hybridized carbons (Fsp3) is 1.00. The van der Waals surface area contributed by atoms with Gasteiger partial charge in [0, 0.05) is 19.3 Å². The molecule has 0 aliphatic carbocycles. The van der Waals surface area contributed by atoms with Crippen molar-refractivity contribution in [2.45, 2.75) is 25.8 Å². The summed E-state index contributed by atoms with van der Waals surface area (Å²) >= 11 is 0. The number of nitrogens with two attached hydrogens (primary N) is 1. The summed E-state index contributed by atoms with van der Waals surface area (Å²) in [5, 5.41) is 0. The van der Waals surface area contributed by atoms with Crippen LogP contribution in [-0.2, 0) is 4.74 Å². The molecule has 0 aromatic carbocycles. The molecule has 1 saturated heterocycles. The van der Waals surface area contributed by atoms with Crippen LogP contribution in [0, 0.1) is 5.92 Å². The first kappa shape index (κ1) is 11.2. The van der Waals surface area contributed by atoms with Crippen molar-refractivity contribution in [3.05, 3.63) is 0 Å². The lowest BCUT2D eigenvalue weighted by Crippen LogP contribution is -2.40. The summed E-state index contributed by atoms with van der Waals surface area (Å²) in [6.07, 6.45) is 2.29. The molecule has 0 saturated carbocycles. The maximum atomic E-state index is 5.31. The molecular weight excluding hydrogens is 164 g/mol. The SMILES string of the molecule is CC(NN)C1CCOCC1.Cl. The summed E-state index contributed by atoms with van der Waals surface area (Å²) in [4.78, 5) is 0. The minimum Gasteiger partial charge on any atom is -0.381 e. The first-order valence-electron chi connectivity index (χ1n) is 3.88. The van der Waals surface area contributed by atoms with Crippen LogP contribution in [-0.4, -0.2) is 19.3 Å². The van der Waals surface area contributed by atoms with E-state index in [0.29, 0.717) is 12.0 Å². The third kappa shape index (κ3) is 3.38. The molecule has 0 aromatic rings. The maximum absolute atomic E-state index is 5.31. The van der Waals surface area contributed by atoms with Crippen LogP contribution in [0.3, 0.4) is 0 Å². The molecule has 0 aromatic heterocycles. The van der Waals surface area contributed by atoms with Crippen molar-refractivity contribution in [3.8, 4) is 0 Å². The number of hydrogen-bond donors (Lipinski definition) is 2. The molecule has 0 amide bonds. The minimum atomic E-state index is 0. The molecule has 1 atom stereocenters. The van der Waals surface area contributed by atoms with E-state index in [1.807, 2.05) is 0 Å². The van der Waals surface area contributed by atoms with Gasteiger partial charge in [-0.15, -0.1) is 12.4 Å². The Balaban J connectivity index is 0.000001000. The molecule has 3 N–H and O–H groups in total. The molecular formula is C7H17ClN2O. The summed E-state index contributed by atoms with van der Waals surface area (Å²) in [6, 6.07) is 0.434. The van der Waals surface area contributed by atoms with Crippen LogP contribution < -0.4 is 11.3 Å². The van der Waals surface area contributed by atoms with Crippen LogP contribution in [0.15, 0.2) is 0 Å². The van der Waals surface area contributed by atoms with Gasteiger partial charge in [-0.1, -0.05) is 0 Å². The maximum Gasteiger partial charge on any atom is 0.0469 e. The largest absolute Gasteiger partial charge is 0.381 e. The average molecular weight is 181 g/mol. The van der Waals surface area contributed by atoms with E-state index in [1.54, 1.807) is 0 Å². The van der Waals surface area contributed by atoms with Crippen LogP contribution in [0.5, 0.6) is 0 Å². The monoisotopic (exact) mass is 180 g/mol. The van der Waals surface area contributed by atoms with E-state index >= 15 is 0 Å². The molecule has 0 radical (unpaired) electrons. The van der Waals surface area contributed by atoms with Crippen LogP contribution >= 0.6 is 12.4 Å². The quantitative estimate of drug-likeness (QED) is 0.486. The summed E-state index contributed by atoms with van der Waals surface area (Å²) in [7, 11) is 0. The predicted octanol–water partition coefficient (Wildman–Crippen LogP) is 0.687. The van der Waals surface area contributed by atoms with Gasteiger partial charge in [-0.25, -0.2) is 0 Å². The molecule has 11 heavy (non-hydrogen) atoms. The Morgan fingerprint density at radius 2 is 2.00 bits per heavy atom. The van der Waals surface area contributed by atoms with Crippen LogP contribution in [0.4, 0.5) is 0 Å². The zero-order valence-corrected chi connectivity index (χ0v) is 7.69. The molecule has 1 rings (SSSR count). The number of ether oxygens (including phenoxy) is 1. The van der Waals surface area contributed by atoms with Gasteiger partial charge in [-0.3, -0.25) is 11.3 Å². The van der Waals surface area contributed by atoms with Crippen molar-refractivity contribution in [1.29, 1.82) is 0 Å². The standard InChI is InChI=1S/C7H16N2O.ClH/c1-6(9-8)7-2-4-10-5-3-7;/h6-7,9H,2-5,8H2,1H3;1H. The molecule has 3 nitrogen and oxygen atoms in total. The van der Waals surface area contributed by atoms with Gasteiger partial charge in [0.2, 0.25) is 0 Å². The predicted molar refractivity (Wildman–Crippen MR) is 47.6 cm³/mol. The highest BCUT2D eigenvalue weighted by Crippen LogP contribution is 2.17. The van der Waals surface area contributed by atoms with E-state index in [-0.39, 0.29) is 12.4 Å². The Hall–Kier alpha value is 0.170. The minimum absolute atomic E-state index is 0. The van der Waals surface area contributed by atoms with Gasteiger partial charge in [0.05, 0.1) is 0 Å². The second-order valence-electron chi connectivity index (χ2n) is 2.91. The highest BCUT2D eigenvalue weighted by molar-refractivity contribution is 5.85. The molecule has 1 fully saturated rings. The second-order valence-corrected chi connectivity index (χ2v) is 2.91. The number of nitrogens with one attached hydrogen (secondary N) is 1. The normalized spacial score (nSPS) is 22.4. The third-order valence-electron chi connectivity index (χ3n) is 2.24. The molecule has 4 heteroatoms. The van der Waals surface area contributed by atoms with Crippen molar-refractivity contribution >= 4 is 12.4 Å². The first-order valence-corrected chi connectivity index (χ1v) is 3.88. The van der Waals surface area contributed by atoms with Crippen molar-refractivity contribution < 1.29 is 4.74 Å². The fourth-order valence-corrected chi connectivity index (χ4v) is 1.35. The molecule has 0 spiro atoms. The van der Waals surface area contributed by atoms with Crippen molar-refractivity contribution in [2.75, 3.05) is 13.2 Å². The highest BCUT2D eigenvalue weighted by Gasteiger charge is 2.18. The average Bonchev–Trinajstić information content (AvgIpc) is 2.05. The van der Waals surface area contributed by atoms with Crippen LogP contribution in [0.2, 0.25) is 0 Å². The summed E-state index contributed by atoms with van der Waals surface area (Å²) in [6.45, 7) is 3.92. The number of hydrogen-bond acceptors (Lipinski definition) is 3. The Bertz CT molecular complexity index is 96.4. The van der Waals surface area contributed by atoms with Crippen molar-refractivity contribution in [1.82, 2.24) is 5.43 Å². The van der Waals surface area contributed by atoms with Gasteiger partial charge in [0.25, 0.3) is 0 Å². The van der Waals surface area contributed by atoms with Crippen molar-refractivity contribution in [3.63, 3.8) is 0 Å². The smallest absolute Gasteiger partial charge is 0.0469 e. The zero-order valence-electron chi connectivity index (χ0n) is 6.88. The first-order chi connectivity index (χ1) is 4.84. The molecule has 1 unspecified atom stereocenters. The number of halogens is 1. The van der Waals surface area contributed by atoms with E-state index in [9.17, 15) is 0 Å². The Labute approximate surface area is 74.0 Å². The van der Waals surface area contributed by atoms with Gasteiger partial charge < -0.3 is 4.74 Å². The van der Waals surface area contributed by atoms with Crippen LogP contribution in [0.25, 0.3) is 0 Å². The Morgan fingerprint density at radius 3 is 2.45 bits per heavy atom. The lowest BCUT2D eigenvalue weighted by atomic mass is 9.93. The van der Waals surface area contributed by atoms with E-state index in [0.717, 1.165) is 26.1 Å². The number of rotatable bonds is 2. The van der Waals surface area contributed by atoms with Gasteiger partial charge in [-0.2, -0.15) is 0 Å². The summed E-state index contributed by atoms with van der Waals surface area (Å²) in [5.41, 5.74) is 2.78. The lowest BCUT2D eigenvalue weighted by molar-refractivity contribution is 0.0560. The molecule has 68 valence electrons.